The minimum Gasteiger partial charge on any atom is -0.330 e. The molecule has 0 spiro atoms. The van der Waals surface area contributed by atoms with Gasteiger partial charge in [-0.15, -0.1) is 5.10 Å². The van der Waals surface area contributed by atoms with E-state index in [1.54, 1.807) is 28.2 Å². The molecule has 0 aliphatic rings. The molecule has 2 heterocycles. The van der Waals surface area contributed by atoms with Crippen molar-refractivity contribution in [2.24, 2.45) is 5.73 Å². The number of hydrogen-bond donors (Lipinski definition) is 1. The standard InChI is InChI=1S/C14H20N6O/c1-11(2)20(9-12-4-3-6-16-8-12)14(21)13-10-19(7-5-15)18-17-13/h3-4,6,8,10-11H,5,7,9,15H2,1-2H3. The third kappa shape index (κ3) is 3.85. The van der Waals surface area contributed by atoms with Crippen LogP contribution in [0.2, 0.25) is 0 Å². The normalized spacial score (nSPS) is 10.9. The lowest BCUT2D eigenvalue weighted by Gasteiger charge is -2.25. The van der Waals surface area contributed by atoms with Gasteiger partial charge < -0.3 is 10.6 Å². The molecular formula is C14H20N6O. The molecule has 7 nitrogen and oxygen atoms in total. The Hall–Kier alpha value is -2.28. The minimum absolute atomic E-state index is 0.0531. The van der Waals surface area contributed by atoms with Gasteiger partial charge in [-0.3, -0.25) is 14.5 Å². The zero-order chi connectivity index (χ0) is 15.2. The van der Waals surface area contributed by atoms with Crippen molar-refractivity contribution in [1.82, 2.24) is 24.9 Å². The topological polar surface area (TPSA) is 89.9 Å². The van der Waals surface area contributed by atoms with E-state index in [1.807, 2.05) is 26.0 Å². The van der Waals surface area contributed by atoms with Crippen LogP contribution in [0.1, 0.15) is 29.9 Å². The Morgan fingerprint density at radius 2 is 2.29 bits per heavy atom. The van der Waals surface area contributed by atoms with Crippen LogP contribution in [0.3, 0.4) is 0 Å². The molecule has 21 heavy (non-hydrogen) atoms. The van der Waals surface area contributed by atoms with E-state index in [4.69, 9.17) is 5.73 Å². The predicted molar refractivity (Wildman–Crippen MR) is 78.3 cm³/mol. The van der Waals surface area contributed by atoms with E-state index >= 15 is 0 Å². The summed E-state index contributed by atoms with van der Waals surface area (Å²) in [5.41, 5.74) is 6.78. The first-order valence-electron chi connectivity index (χ1n) is 6.92. The number of nitrogens with two attached hydrogens (primary N) is 1. The van der Waals surface area contributed by atoms with Gasteiger partial charge in [0.1, 0.15) is 0 Å². The van der Waals surface area contributed by atoms with Gasteiger partial charge in [0, 0.05) is 31.5 Å². The average molecular weight is 288 g/mol. The molecule has 2 N–H and O–H groups in total. The molecule has 2 rings (SSSR count). The van der Waals surface area contributed by atoms with Gasteiger partial charge in [-0.2, -0.15) is 0 Å². The summed E-state index contributed by atoms with van der Waals surface area (Å²) in [7, 11) is 0. The second-order valence-corrected chi connectivity index (χ2v) is 5.04. The minimum atomic E-state index is -0.142. The van der Waals surface area contributed by atoms with Crippen molar-refractivity contribution in [3.8, 4) is 0 Å². The second kappa shape index (κ2) is 6.94. The van der Waals surface area contributed by atoms with Gasteiger partial charge in [-0.25, -0.2) is 0 Å². The van der Waals surface area contributed by atoms with Crippen LogP contribution in [0.15, 0.2) is 30.7 Å². The molecule has 0 bridgehead atoms. The average Bonchev–Trinajstić information content (AvgIpc) is 2.94. The van der Waals surface area contributed by atoms with Gasteiger partial charge in [0.15, 0.2) is 5.69 Å². The second-order valence-electron chi connectivity index (χ2n) is 5.04. The van der Waals surface area contributed by atoms with Gasteiger partial charge in [0.25, 0.3) is 5.91 Å². The fourth-order valence-corrected chi connectivity index (χ4v) is 1.96. The fourth-order valence-electron chi connectivity index (χ4n) is 1.96. The predicted octanol–water partition coefficient (Wildman–Crippen LogP) is 0.683. The van der Waals surface area contributed by atoms with Crippen molar-refractivity contribution in [2.75, 3.05) is 6.54 Å². The number of rotatable bonds is 6. The molecule has 2 aromatic rings. The summed E-state index contributed by atoms with van der Waals surface area (Å²) in [5.74, 6) is -0.142. The van der Waals surface area contributed by atoms with Crippen molar-refractivity contribution >= 4 is 5.91 Å². The monoisotopic (exact) mass is 288 g/mol. The number of aromatic nitrogens is 4. The molecule has 0 fully saturated rings. The van der Waals surface area contributed by atoms with E-state index in [0.717, 1.165) is 5.56 Å². The lowest BCUT2D eigenvalue weighted by Crippen LogP contribution is -2.36. The summed E-state index contributed by atoms with van der Waals surface area (Å²) in [5, 5.41) is 7.83. The van der Waals surface area contributed by atoms with Crippen LogP contribution in [0.4, 0.5) is 0 Å². The summed E-state index contributed by atoms with van der Waals surface area (Å²) >= 11 is 0. The van der Waals surface area contributed by atoms with Crippen LogP contribution in [0.25, 0.3) is 0 Å². The molecule has 0 aliphatic carbocycles. The molecule has 2 aromatic heterocycles. The van der Waals surface area contributed by atoms with Crippen molar-refractivity contribution in [1.29, 1.82) is 0 Å². The fraction of sp³-hybridized carbons (Fsp3) is 0.429. The Labute approximate surface area is 123 Å². The molecular weight excluding hydrogens is 268 g/mol. The maximum absolute atomic E-state index is 12.6. The highest BCUT2D eigenvalue weighted by atomic mass is 16.2. The highest BCUT2D eigenvalue weighted by Gasteiger charge is 2.21. The van der Waals surface area contributed by atoms with Crippen LogP contribution >= 0.6 is 0 Å². The summed E-state index contributed by atoms with van der Waals surface area (Å²) in [6, 6.07) is 3.86. The number of hydrogen-bond acceptors (Lipinski definition) is 5. The Balaban J connectivity index is 2.15. The van der Waals surface area contributed by atoms with Crippen molar-refractivity contribution < 1.29 is 4.79 Å². The molecule has 1 amide bonds. The first-order chi connectivity index (χ1) is 10.1. The number of pyridine rings is 1. The van der Waals surface area contributed by atoms with Crippen LogP contribution in [-0.2, 0) is 13.1 Å². The Morgan fingerprint density at radius 3 is 2.90 bits per heavy atom. The van der Waals surface area contributed by atoms with Crippen LogP contribution in [0.5, 0.6) is 0 Å². The van der Waals surface area contributed by atoms with E-state index in [0.29, 0.717) is 25.3 Å². The maximum Gasteiger partial charge on any atom is 0.276 e. The number of carbonyl (C=O) groups excluding carboxylic acids is 1. The van der Waals surface area contributed by atoms with Gasteiger partial charge in [-0.1, -0.05) is 11.3 Å². The van der Waals surface area contributed by atoms with Crippen LogP contribution in [-0.4, -0.2) is 43.4 Å². The Bertz CT molecular complexity index is 580. The Kier molecular flexibility index (Phi) is 4.99. The lowest BCUT2D eigenvalue weighted by atomic mass is 10.2. The SMILES string of the molecule is CC(C)N(Cc1cccnc1)C(=O)c1cn(CCN)nn1. The van der Waals surface area contributed by atoms with Gasteiger partial charge >= 0.3 is 0 Å². The van der Waals surface area contributed by atoms with Gasteiger partial charge in [0.05, 0.1) is 12.7 Å². The van der Waals surface area contributed by atoms with Crippen LogP contribution in [0, 0.1) is 0 Å². The van der Waals surface area contributed by atoms with Gasteiger partial charge in [-0.05, 0) is 25.5 Å². The maximum atomic E-state index is 12.6. The molecule has 0 atom stereocenters. The number of nitrogens with zero attached hydrogens (tertiary/aromatic N) is 5. The van der Waals surface area contributed by atoms with E-state index in [9.17, 15) is 4.79 Å². The summed E-state index contributed by atoms with van der Waals surface area (Å²) < 4.78 is 1.58. The lowest BCUT2D eigenvalue weighted by molar-refractivity contribution is 0.0684. The number of carbonyl (C=O) groups is 1. The summed E-state index contributed by atoms with van der Waals surface area (Å²) in [4.78, 5) is 18.4. The smallest absolute Gasteiger partial charge is 0.276 e. The highest BCUT2D eigenvalue weighted by molar-refractivity contribution is 5.92. The third-order valence-electron chi connectivity index (χ3n) is 3.08. The van der Waals surface area contributed by atoms with E-state index in [2.05, 4.69) is 15.3 Å². The quantitative estimate of drug-likeness (QED) is 0.844. The summed E-state index contributed by atoms with van der Waals surface area (Å²) in [6.45, 7) is 5.44. The molecule has 7 heteroatoms. The third-order valence-corrected chi connectivity index (χ3v) is 3.08. The van der Waals surface area contributed by atoms with Gasteiger partial charge in [0.2, 0.25) is 0 Å². The molecule has 0 unspecified atom stereocenters. The zero-order valence-corrected chi connectivity index (χ0v) is 12.3. The first kappa shape index (κ1) is 15.1. The first-order valence-corrected chi connectivity index (χ1v) is 6.92. The molecule has 0 aliphatic heterocycles. The van der Waals surface area contributed by atoms with Crippen LogP contribution < -0.4 is 5.73 Å². The zero-order valence-electron chi connectivity index (χ0n) is 12.3. The largest absolute Gasteiger partial charge is 0.330 e. The molecule has 0 saturated heterocycles. The van der Waals surface area contributed by atoms with E-state index in [-0.39, 0.29) is 11.9 Å². The Morgan fingerprint density at radius 1 is 1.48 bits per heavy atom. The molecule has 0 saturated carbocycles. The molecule has 112 valence electrons. The van der Waals surface area contributed by atoms with Crippen molar-refractivity contribution in [3.63, 3.8) is 0 Å². The molecule has 0 radical (unpaired) electrons. The number of amides is 1. The van der Waals surface area contributed by atoms with Crippen molar-refractivity contribution in [2.45, 2.75) is 33.0 Å². The summed E-state index contributed by atoms with van der Waals surface area (Å²) in [6.07, 6.45) is 5.10. The van der Waals surface area contributed by atoms with E-state index in [1.165, 1.54) is 0 Å². The van der Waals surface area contributed by atoms with Crippen molar-refractivity contribution in [3.05, 3.63) is 42.0 Å². The highest BCUT2D eigenvalue weighted by Crippen LogP contribution is 2.11. The molecule has 0 aromatic carbocycles. The van der Waals surface area contributed by atoms with E-state index < -0.39 is 0 Å².